The van der Waals surface area contributed by atoms with Crippen LogP contribution in [0.15, 0.2) is 23.3 Å². The van der Waals surface area contributed by atoms with Crippen LogP contribution in [0.2, 0.25) is 0 Å². The van der Waals surface area contributed by atoms with Crippen molar-refractivity contribution in [1.29, 1.82) is 5.26 Å². The van der Waals surface area contributed by atoms with E-state index < -0.39 is 0 Å². The predicted octanol–water partition coefficient (Wildman–Crippen LogP) is 1.39. The zero-order chi connectivity index (χ0) is 13.8. The van der Waals surface area contributed by atoms with Crippen molar-refractivity contribution in [3.05, 3.63) is 29.5 Å². The molecule has 0 aromatic heterocycles. The van der Waals surface area contributed by atoms with Gasteiger partial charge in [-0.05, 0) is 12.1 Å². The van der Waals surface area contributed by atoms with Crippen LogP contribution in [0.3, 0.4) is 0 Å². The fourth-order valence-corrected chi connectivity index (χ4v) is 2.07. The van der Waals surface area contributed by atoms with Crippen molar-refractivity contribution in [2.45, 2.75) is 0 Å². The number of nitrogens with zero attached hydrogens (tertiary/aromatic N) is 3. The molecule has 5 nitrogen and oxygen atoms in total. The van der Waals surface area contributed by atoms with Crippen molar-refractivity contribution in [3.63, 3.8) is 0 Å². The Morgan fingerprint density at radius 2 is 2.37 bits per heavy atom. The first kappa shape index (κ1) is 13.0. The average molecular weight is 256 g/mol. The Labute approximate surface area is 112 Å². The summed E-state index contributed by atoms with van der Waals surface area (Å²) >= 11 is 0. The normalized spacial score (nSPS) is 15.0. The van der Waals surface area contributed by atoms with E-state index in [1.54, 1.807) is 13.3 Å². The van der Waals surface area contributed by atoms with Crippen LogP contribution < -0.4 is 15.4 Å². The van der Waals surface area contributed by atoms with E-state index in [-0.39, 0.29) is 0 Å². The Balaban J connectivity index is 2.60. The van der Waals surface area contributed by atoms with Gasteiger partial charge in [-0.3, -0.25) is 4.99 Å². The maximum absolute atomic E-state index is 9.30. The zero-order valence-electron chi connectivity index (χ0n) is 11.1. The highest BCUT2D eigenvalue weighted by Crippen LogP contribution is 2.35. The lowest BCUT2D eigenvalue weighted by atomic mass is 9.99. The molecule has 0 fully saturated rings. The Bertz CT molecular complexity index is 584. The molecular formula is C14H16N4O. The van der Waals surface area contributed by atoms with Gasteiger partial charge in [0, 0.05) is 37.6 Å². The molecule has 1 aliphatic heterocycles. The average Bonchev–Trinajstić information content (AvgIpc) is 2.44. The van der Waals surface area contributed by atoms with Gasteiger partial charge in [-0.1, -0.05) is 0 Å². The highest BCUT2D eigenvalue weighted by Gasteiger charge is 2.19. The van der Waals surface area contributed by atoms with Crippen molar-refractivity contribution in [3.8, 4) is 11.8 Å². The van der Waals surface area contributed by atoms with E-state index in [0.29, 0.717) is 17.7 Å². The Hall–Kier alpha value is -2.48. The minimum absolute atomic E-state index is 0.563. The highest BCUT2D eigenvalue weighted by atomic mass is 16.5. The van der Waals surface area contributed by atoms with Crippen LogP contribution in [-0.4, -0.2) is 33.5 Å². The van der Waals surface area contributed by atoms with Gasteiger partial charge in [0.1, 0.15) is 12.4 Å². The number of likely N-dealkylation sites (N-methyl/N-ethyl adjacent to an activating group) is 1. The summed E-state index contributed by atoms with van der Waals surface area (Å²) in [6.07, 6.45) is 3.08. The van der Waals surface area contributed by atoms with Gasteiger partial charge in [0.15, 0.2) is 0 Å². The fraction of sp³-hybridized carbons (Fsp3) is 0.286. The minimum atomic E-state index is 0.563. The van der Waals surface area contributed by atoms with Gasteiger partial charge < -0.3 is 15.4 Å². The quantitative estimate of drug-likeness (QED) is 0.811. The molecule has 1 aliphatic rings. The second-order valence-corrected chi connectivity index (χ2v) is 4.26. The number of allylic oxidation sites excluding steroid dienone is 1. The number of nitriles is 1. The van der Waals surface area contributed by atoms with Crippen LogP contribution in [0, 0.1) is 11.3 Å². The number of benzene rings is 1. The van der Waals surface area contributed by atoms with Crippen LogP contribution in [0.5, 0.6) is 5.75 Å². The molecule has 0 saturated carbocycles. The van der Waals surface area contributed by atoms with Gasteiger partial charge in [-0.15, -0.1) is 0 Å². The van der Waals surface area contributed by atoms with E-state index in [2.05, 4.69) is 16.0 Å². The largest absolute Gasteiger partial charge is 0.490 e. The maximum Gasteiger partial charge on any atom is 0.143 e. The summed E-state index contributed by atoms with van der Waals surface area (Å²) < 4.78 is 5.64. The SMILES string of the molecule is CN=CC(=CN)c1cc2c(cc1C#N)N(C)CCO2. The van der Waals surface area contributed by atoms with Gasteiger partial charge in [0.25, 0.3) is 0 Å². The topological polar surface area (TPSA) is 74.6 Å². The summed E-state index contributed by atoms with van der Waals surface area (Å²) in [6, 6.07) is 5.88. The molecule has 0 atom stereocenters. The summed E-state index contributed by atoms with van der Waals surface area (Å²) in [5, 5.41) is 9.30. The first-order chi connectivity index (χ1) is 9.21. The second-order valence-electron chi connectivity index (χ2n) is 4.26. The Morgan fingerprint density at radius 1 is 1.58 bits per heavy atom. The standard InChI is InChI=1S/C14H16N4O/c1-17-9-11(8-16)12-6-14-13(5-10(12)7-15)18(2)3-4-19-14/h5-6,8-9H,3-4,16H2,1-2H3. The molecule has 1 aromatic rings. The fourth-order valence-electron chi connectivity index (χ4n) is 2.07. The summed E-state index contributed by atoms with van der Waals surface area (Å²) in [5.41, 5.74) is 8.54. The first-order valence-electron chi connectivity index (χ1n) is 5.97. The van der Waals surface area contributed by atoms with Gasteiger partial charge in [-0.2, -0.15) is 5.26 Å². The van der Waals surface area contributed by atoms with Gasteiger partial charge in [-0.25, -0.2) is 0 Å². The lowest BCUT2D eigenvalue weighted by Crippen LogP contribution is -2.29. The Morgan fingerprint density at radius 3 is 3.00 bits per heavy atom. The molecule has 5 heteroatoms. The molecule has 2 N–H and O–H groups in total. The molecule has 98 valence electrons. The molecule has 0 amide bonds. The Kier molecular flexibility index (Phi) is 3.71. The van der Waals surface area contributed by atoms with Crippen LogP contribution in [-0.2, 0) is 0 Å². The number of rotatable bonds is 2. The van der Waals surface area contributed by atoms with Crippen molar-refractivity contribution >= 4 is 17.5 Å². The van der Waals surface area contributed by atoms with Crippen LogP contribution >= 0.6 is 0 Å². The summed E-state index contributed by atoms with van der Waals surface area (Å²) in [4.78, 5) is 6.02. The molecule has 0 bridgehead atoms. The smallest absolute Gasteiger partial charge is 0.143 e. The number of anilines is 1. The molecule has 0 saturated heterocycles. The number of aliphatic imine (C=N–C) groups is 1. The highest BCUT2D eigenvalue weighted by molar-refractivity contribution is 6.10. The monoisotopic (exact) mass is 256 g/mol. The number of hydrogen-bond acceptors (Lipinski definition) is 5. The van der Waals surface area contributed by atoms with E-state index in [1.165, 1.54) is 6.20 Å². The molecule has 19 heavy (non-hydrogen) atoms. The van der Waals surface area contributed by atoms with Crippen LogP contribution in [0.25, 0.3) is 5.57 Å². The third-order valence-corrected chi connectivity index (χ3v) is 3.07. The van der Waals surface area contributed by atoms with E-state index in [1.807, 2.05) is 19.2 Å². The molecule has 0 unspecified atom stereocenters. The molecule has 0 radical (unpaired) electrons. The van der Waals surface area contributed by atoms with E-state index in [4.69, 9.17) is 10.5 Å². The van der Waals surface area contributed by atoms with E-state index in [0.717, 1.165) is 23.5 Å². The second kappa shape index (κ2) is 5.44. The van der Waals surface area contributed by atoms with Gasteiger partial charge in [0.05, 0.1) is 23.9 Å². The zero-order valence-corrected chi connectivity index (χ0v) is 11.1. The van der Waals surface area contributed by atoms with Crippen molar-refractivity contribution in [2.75, 3.05) is 32.1 Å². The summed E-state index contributed by atoms with van der Waals surface area (Å²) in [7, 11) is 3.65. The third kappa shape index (κ3) is 2.38. The number of ether oxygens (including phenoxy) is 1. The van der Waals surface area contributed by atoms with Gasteiger partial charge >= 0.3 is 0 Å². The van der Waals surface area contributed by atoms with Crippen LogP contribution in [0.1, 0.15) is 11.1 Å². The lowest BCUT2D eigenvalue weighted by molar-refractivity contribution is 0.311. The summed E-state index contributed by atoms with van der Waals surface area (Å²) in [5.74, 6) is 0.770. The first-order valence-corrected chi connectivity index (χ1v) is 5.97. The number of nitrogens with two attached hydrogens (primary N) is 1. The molecule has 1 heterocycles. The maximum atomic E-state index is 9.30. The molecular weight excluding hydrogens is 240 g/mol. The van der Waals surface area contributed by atoms with Crippen molar-refractivity contribution in [1.82, 2.24) is 0 Å². The molecule has 0 aliphatic carbocycles. The van der Waals surface area contributed by atoms with Crippen molar-refractivity contribution in [2.24, 2.45) is 10.7 Å². The van der Waals surface area contributed by atoms with Gasteiger partial charge in [0.2, 0.25) is 0 Å². The summed E-state index contributed by atoms with van der Waals surface area (Å²) in [6.45, 7) is 1.45. The van der Waals surface area contributed by atoms with E-state index >= 15 is 0 Å². The van der Waals surface area contributed by atoms with Crippen molar-refractivity contribution < 1.29 is 4.74 Å². The van der Waals surface area contributed by atoms with E-state index in [9.17, 15) is 5.26 Å². The van der Waals surface area contributed by atoms with Crippen LogP contribution in [0.4, 0.5) is 5.69 Å². The molecule has 0 spiro atoms. The third-order valence-electron chi connectivity index (χ3n) is 3.07. The number of hydrogen-bond donors (Lipinski definition) is 1. The lowest BCUT2D eigenvalue weighted by Gasteiger charge is -2.28. The molecule has 1 aromatic carbocycles. The number of fused-ring (bicyclic) bond motifs is 1. The minimum Gasteiger partial charge on any atom is -0.490 e. The predicted molar refractivity (Wildman–Crippen MR) is 76.5 cm³/mol. The molecule has 2 rings (SSSR count).